The molecule has 0 radical (unpaired) electrons. The molecule has 0 bridgehead atoms. The molecule has 0 aliphatic heterocycles. The fourth-order valence-corrected chi connectivity index (χ4v) is 3.47. The highest BCUT2D eigenvalue weighted by Crippen LogP contribution is 2.12. The number of nitrogens with zero attached hydrogens (tertiary/aromatic N) is 2. The van der Waals surface area contributed by atoms with Crippen molar-refractivity contribution in [2.24, 2.45) is 12.0 Å². The lowest BCUT2D eigenvalue weighted by Crippen LogP contribution is -2.20. The Kier molecular flexibility index (Phi) is 13.4. The molecule has 25 heavy (non-hydrogen) atoms. The molecular weight excluding hydrogens is 304 g/mol. The molecule has 144 valence electrons. The van der Waals surface area contributed by atoms with Crippen molar-refractivity contribution in [3.8, 4) is 0 Å². The first-order valence-corrected chi connectivity index (χ1v) is 10.9. The number of hydrogen-bond donors (Lipinski definition) is 0. The summed E-state index contributed by atoms with van der Waals surface area (Å²) >= 11 is 0. The van der Waals surface area contributed by atoms with Crippen LogP contribution in [0.2, 0.25) is 0 Å². The lowest BCUT2D eigenvalue weighted by Gasteiger charge is -2.04. The zero-order valence-corrected chi connectivity index (χ0v) is 17.2. The maximum absolute atomic E-state index is 4.76. The number of unbranched alkanes of at least 4 members (excludes halogenated alkanes) is 13. The van der Waals surface area contributed by atoms with Crippen LogP contribution in [0.1, 0.15) is 102 Å². The monoisotopic (exact) mass is 346 g/mol. The third kappa shape index (κ3) is 11.2. The van der Waals surface area contributed by atoms with Crippen LogP contribution >= 0.6 is 0 Å². The average Bonchev–Trinajstić information content (AvgIpc) is 2.60. The van der Waals surface area contributed by atoms with Crippen molar-refractivity contribution in [1.82, 2.24) is 4.57 Å². The zero-order chi connectivity index (χ0) is 18.2. The molecule has 0 N–H and O–H groups in total. The van der Waals surface area contributed by atoms with Gasteiger partial charge in [0.2, 0.25) is 0 Å². The van der Waals surface area contributed by atoms with Crippen LogP contribution in [0.5, 0.6) is 0 Å². The van der Waals surface area contributed by atoms with Gasteiger partial charge < -0.3 is 4.57 Å². The van der Waals surface area contributed by atoms with Crippen molar-refractivity contribution in [2.75, 3.05) is 6.54 Å². The Morgan fingerprint density at radius 1 is 0.760 bits per heavy atom. The Labute approximate surface area is 156 Å². The van der Waals surface area contributed by atoms with Crippen molar-refractivity contribution < 1.29 is 0 Å². The summed E-state index contributed by atoms with van der Waals surface area (Å²) in [5, 5.41) is 0. The number of pyridine rings is 1. The summed E-state index contributed by atoms with van der Waals surface area (Å²) in [6.07, 6.45) is 21.8. The SMILES string of the molecule is CCCCCCCCCCCCCCCCN=c1c(C)cccn1C. The molecular formula is C23H42N2. The standard InChI is InChI=1S/C23H42N2/c1-4-5-6-7-8-9-10-11-12-13-14-15-16-17-20-24-23-22(2)19-18-21-25(23)3/h18-19,21H,4-17,20H2,1-3H3. The van der Waals surface area contributed by atoms with Crippen LogP contribution in [0.3, 0.4) is 0 Å². The number of aryl methyl sites for hydroxylation is 2. The molecule has 0 aromatic carbocycles. The molecule has 0 saturated heterocycles. The van der Waals surface area contributed by atoms with Crippen LogP contribution in [-0.2, 0) is 7.05 Å². The Balaban J connectivity index is 1.89. The summed E-state index contributed by atoms with van der Waals surface area (Å²) in [5.41, 5.74) is 2.41. The second-order valence-electron chi connectivity index (χ2n) is 7.60. The largest absolute Gasteiger partial charge is 0.336 e. The molecule has 0 aliphatic rings. The number of hydrogen-bond acceptors (Lipinski definition) is 1. The summed E-state index contributed by atoms with van der Waals surface area (Å²) < 4.78 is 2.12. The van der Waals surface area contributed by atoms with Crippen LogP contribution < -0.4 is 5.49 Å². The van der Waals surface area contributed by atoms with Gasteiger partial charge in [-0.1, -0.05) is 96.5 Å². The van der Waals surface area contributed by atoms with Crippen molar-refractivity contribution >= 4 is 0 Å². The summed E-state index contributed by atoms with van der Waals surface area (Å²) in [6.45, 7) is 5.40. The highest BCUT2D eigenvalue weighted by atomic mass is 15.0. The first kappa shape index (κ1) is 22.0. The molecule has 1 rings (SSSR count). The second kappa shape index (κ2) is 15.2. The maximum atomic E-state index is 4.76. The quantitative estimate of drug-likeness (QED) is 0.314. The van der Waals surface area contributed by atoms with Gasteiger partial charge in [0, 0.05) is 19.8 Å². The van der Waals surface area contributed by atoms with Crippen molar-refractivity contribution in [3.05, 3.63) is 29.4 Å². The van der Waals surface area contributed by atoms with E-state index in [2.05, 4.69) is 43.8 Å². The zero-order valence-electron chi connectivity index (χ0n) is 17.2. The molecule has 2 heteroatoms. The lowest BCUT2D eigenvalue weighted by molar-refractivity contribution is 0.536. The predicted molar refractivity (Wildman–Crippen MR) is 111 cm³/mol. The van der Waals surface area contributed by atoms with Gasteiger partial charge in [-0.05, 0) is 25.0 Å². The highest BCUT2D eigenvalue weighted by Gasteiger charge is 1.95. The number of aromatic nitrogens is 1. The minimum absolute atomic E-state index is 0.969. The Bertz CT molecular complexity index is 464. The van der Waals surface area contributed by atoms with Crippen LogP contribution in [0.25, 0.3) is 0 Å². The third-order valence-corrected chi connectivity index (χ3v) is 5.12. The summed E-state index contributed by atoms with van der Waals surface area (Å²) in [5.74, 6) is 0. The van der Waals surface area contributed by atoms with Gasteiger partial charge >= 0.3 is 0 Å². The maximum Gasteiger partial charge on any atom is 0.130 e. The average molecular weight is 347 g/mol. The minimum atomic E-state index is 0.969. The van der Waals surface area contributed by atoms with E-state index in [4.69, 9.17) is 4.99 Å². The molecule has 0 spiro atoms. The highest BCUT2D eigenvalue weighted by molar-refractivity contribution is 5.06. The Morgan fingerprint density at radius 2 is 1.24 bits per heavy atom. The van der Waals surface area contributed by atoms with Gasteiger partial charge in [0.1, 0.15) is 5.49 Å². The predicted octanol–water partition coefficient (Wildman–Crippen LogP) is 6.72. The fraction of sp³-hybridized carbons (Fsp3) is 0.783. The summed E-state index contributed by atoms with van der Waals surface area (Å²) in [4.78, 5) is 4.76. The normalized spacial score (nSPS) is 12.0. The van der Waals surface area contributed by atoms with E-state index in [1.165, 1.54) is 95.5 Å². The molecule has 0 saturated carbocycles. The smallest absolute Gasteiger partial charge is 0.130 e. The molecule has 1 heterocycles. The summed E-state index contributed by atoms with van der Waals surface area (Å²) in [6, 6.07) is 4.23. The third-order valence-electron chi connectivity index (χ3n) is 5.12. The van der Waals surface area contributed by atoms with E-state index in [9.17, 15) is 0 Å². The fourth-order valence-electron chi connectivity index (χ4n) is 3.47. The van der Waals surface area contributed by atoms with E-state index < -0.39 is 0 Å². The van der Waals surface area contributed by atoms with Crippen LogP contribution in [-0.4, -0.2) is 11.1 Å². The van der Waals surface area contributed by atoms with Gasteiger partial charge in [-0.3, -0.25) is 4.99 Å². The summed E-state index contributed by atoms with van der Waals surface area (Å²) in [7, 11) is 2.08. The van der Waals surface area contributed by atoms with Gasteiger partial charge in [-0.2, -0.15) is 0 Å². The molecule has 0 aliphatic carbocycles. The molecule has 0 atom stereocenters. The van der Waals surface area contributed by atoms with Gasteiger partial charge in [0.25, 0.3) is 0 Å². The minimum Gasteiger partial charge on any atom is -0.336 e. The Morgan fingerprint density at radius 3 is 1.72 bits per heavy atom. The van der Waals surface area contributed by atoms with Crippen LogP contribution in [0, 0.1) is 6.92 Å². The first-order valence-electron chi connectivity index (χ1n) is 10.9. The first-order chi connectivity index (χ1) is 12.3. The van der Waals surface area contributed by atoms with E-state index >= 15 is 0 Å². The van der Waals surface area contributed by atoms with Crippen LogP contribution in [0.4, 0.5) is 0 Å². The topological polar surface area (TPSA) is 17.3 Å². The second-order valence-corrected chi connectivity index (χ2v) is 7.60. The van der Waals surface area contributed by atoms with Crippen molar-refractivity contribution in [2.45, 2.75) is 104 Å². The Hall–Kier alpha value is -1.05. The van der Waals surface area contributed by atoms with E-state index in [-0.39, 0.29) is 0 Å². The van der Waals surface area contributed by atoms with Gasteiger partial charge in [0.05, 0.1) is 0 Å². The van der Waals surface area contributed by atoms with Crippen molar-refractivity contribution in [3.63, 3.8) is 0 Å². The van der Waals surface area contributed by atoms with E-state index in [1.54, 1.807) is 0 Å². The molecule has 0 unspecified atom stereocenters. The molecule has 0 amide bonds. The number of rotatable bonds is 15. The van der Waals surface area contributed by atoms with Crippen molar-refractivity contribution in [1.29, 1.82) is 0 Å². The molecule has 1 aromatic heterocycles. The van der Waals surface area contributed by atoms with E-state index in [0.29, 0.717) is 0 Å². The molecule has 1 aromatic rings. The van der Waals surface area contributed by atoms with E-state index in [1.807, 2.05) is 0 Å². The lowest BCUT2D eigenvalue weighted by atomic mass is 10.0. The molecule has 2 nitrogen and oxygen atoms in total. The van der Waals surface area contributed by atoms with Gasteiger partial charge in [-0.15, -0.1) is 0 Å². The molecule has 0 fully saturated rings. The van der Waals surface area contributed by atoms with Gasteiger partial charge in [0.15, 0.2) is 0 Å². The van der Waals surface area contributed by atoms with Crippen LogP contribution in [0.15, 0.2) is 23.3 Å². The van der Waals surface area contributed by atoms with Gasteiger partial charge in [-0.25, -0.2) is 0 Å². The van der Waals surface area contributed by atoms with E-state index in [0.717, 1.165) is 12.0 Å².